The van der Waals surface area contributed by atoms with E-state index in [1.165, 1.54) is 0 Å². The zero-order valence-electron chi connectivity index (χ0n) is 3.32. The van der Waals surface area contributed by atoms with Gasteiger partial charge in [0.2, 0.25) is 0 Å². The number of ether oxygens (including phenoxy) is 1. The first kappa shape index (κ1) is 4.96. The summed E-state index contributed by atoms with van der Waals surface area (Å²) >= 11 is 0. The average molecular weight is 71.1 g/mol. The van der Waals surface area contributed by atoms with E-state index in [4.69, 9.17) is 7.11 Å². The summed E-state index contributed by atoms with van der Waals surface area (Å²) in [6.45, 7) is 2.52. The van der Waals surface area contributed by atoms with Crippen molar-refractivity contribution in [2.24, 2.45) is 0 Å². The van der Waals surface area contributed by atoms with Crippen LogP contribution in [0.25, 0.3) is 0 Å². The van der Waals surface area contributed by atoms with E-state index in [1.807, 2.05) is 6.92 Å². The fourth-order valence-electron chi connectivity index (χ4n) is 0.102. The summed E-state index contributed by atoms with van der Waals surface area (Å²) in [4.78, 5) is 0. The summed E-state index contributed by atoms with van der Waals surface area (Å²) in [5.74, 6) is 0. The highest BCUT2D eigenvalue weighted by atomic mass is 16.5. The summed E-state index contributed by atoms with van der Waals surface area (Å²) in [5.41, 5.74) is 0. The van der Waals surface area contributed by atoms with Crippen LogP contribution in [0.2, 0.25) is 0 Å². The molecule has 0 atom stereocenters. The highest BCUT2D eigenvalue weighted by molar-refractivity contribution is 4.18. The molecule has 0 aromatic carbocycles. The minimum absolute atomic E-state index is 0.556. The predicted octanol–water partition coefficient (Wildman–Crippen LogP) is 0.959. The molecule has 0 aromatic heterocycles. The van der Waals surface area contributed by atoms with Gasteiger partial charge in [-0.2, -0.15) is 0 Å². The SMILES string of the molecule is [C]OCCC. The molecule has 0 saturated heterocycles. The Morgan fingerprint density at radius 1 is 1.80 bits per heavy atom. The van der Waals surface area contributed by atoms with Crippen LogP contribution in [0, 0.1) is 7.11 Å². The molecule has 0 bridgehead atoms. The van der Waals surface area contributed by atoms with Gasteiger partial charge in [0.05, 0.1) is 0 Å². The lowest BCUT2D eigenvalue weighted by Crippen LogP contribution is -1.77. The van der Waals surface area contributed by atoms with Crippen LogP contribution in [-0.4, -0.2) is 6.61 Å². The maximum atomic E-state index is 6.10. The van der Waals surface area contributed by atoms with Crippen molar-refractivity contribution in [3.8, 4) is 0 Å². The van der Waals surface area contributed by atoms with Crippen molar-refractivity contribution in [1.82, 2.24) is 0 Å². The minimum atomic E-state index is 0.556. The van der Waals surface area contributed by atoms with Gasteiger partial charge >= 0.3 is 0 Å². The van der Waals surface area contributed by atoms with Crippen LogP contribution in [0.1, 0.15) is 13.3 Å². The molecule has 0 heterocycles. The standard InChI is InChI=1S/C4H7O/c1-3-4-5-2/h3-4H2,1H3. The Bertz CT molecular complexity index is 11.1. The van der Waals surface area contributed by atoms with E-state index in [0.717, 1.165) is 6.42 Å². The Labute approximate surface area is 32.9 Å². The summed E-state index contributed by atoms with van der Waals surface area (Å²) in [6, 6.07) is 0. The molecule has 0 rings (SSSR count). The second-order valence-electron chi connectivity index (χ2n) is 0.848. The molecule has 0 amide bonds. The van der Waals surface area contributed by atoms with Gasteiger partial charge in [-0.05, 0) is 6.42 Å². The zero-order valence-corrected chi connectivity index (χ0v) is 3.32. The van der Waals surface area contributed by atoms with Crippen LogP contribution in [0.5, 0.6) is 0 Å². The molecule has 5 heavy (non-hydrogen) atoms. The highest BCUT2D eigenvalue weighted by Gasteiger charge is 1.67. The molecule has 0 aliphatic carbocycles. The van der Waals surface area contributed by atoms with Crippen LogP contribution in [0.3, 0.4) is 0 Å². The molecule has 1 nitrogen and oxygen atoms in total. The van der Waals surface area contributed by atoms with E-state index in [0.29, 0.717) is 6.61 Å². The fourth-order valence-corrected chi connectivity index (χ4v) is 0.102. The largest absolute Gasteiger partial charge is 0.365 e. The van der Waals surface area contributed by atoms with E-state index >= 15 is 0 Å². The third kappa shape index (κ3) is 3.96. The zero-order chi connectivity index (χ0) is 4.12. The lowest BCUT2D eigenvalue weighted by Gasteiger charge is -1.82. The summed E-state index contributed by atoms with van der Waals surface area (Å²) in [7, 11) is 6.10. The van der Waals surface area contributed by atoms with Crippen molar-refractivity contribution in [2.45, 2.75) is 13.3 Å². The monoisotopic (exact) mass is 71.0 g/mol. The summed E-state index contributed by atoms with van der Waals surface area (Å²) in [5, 5.41) is 0. The van der Waals surface area contributed by atoms with Crippen LogP contribution < -0.4 is 0 Å². The van der Waals surface area contributed by atoms with Crippen molar-refractivity contribution in [2.75, 3.05) is 6.61 Å². The first-order chi connectivity index (χ1) is 2.41. The van der Waals surface area contributed by atoms with Gasteiger partial charge in [0.15, 0.2) is 7.11 Å². The van der Waals surface area contributed by atoms with Crippen molar-refractivity contribution >= 4 is 0 Å². The Hall–Kier alpha value is -0.0400. The van der Waals surface area contributed by atoms with E-state index < -0.39 is 0 Å². The van der Waals surface area contributed by atoms with E-state index in [-0.39, 0.29) is 0 Å². The molecular formula is C4H7O. The van der Waals surface area contributed by atoms with Gasteiger partial charge < -0.3 is 4.74 Å². The maximum absolute atomic E-state index is 6.10. The quantitative estimate of drug-likeness (QED) is 0.471. The maximum Gasteiger partial charge on any atom is 0.173 e. The Balaban J connectivity index is 2.19. The lowest BCUT2D eigenvalue weighted by atomic mass is 10.5. The molecule has 0 saturated carbocycles. The molecule has 29 valence electrons. The smallest absolute Gasteiger partial charge is 0.173 e. The molecule has 3 radical (unpaired) electrons. The molecule has 0 N–H and O–H groups in total. The van der Waals surface area contributed by atoms with Gasteiger partial charge in [-0.3, -0.25) is 0 Å². The number of hydrogen-bond donors (Lipinski definition) is 0. The van der Waals surface area contributed by atoms with Crippen LogP contribution in [-0.2, 0) is 4.74 Å². The summed E-state index contributed by atoms with van der Waals surface area (Å²) in [6.07, 6.45) is 0.934. The number of hydrogen-bond acceptors (Lipinski definition) is 1. The molecular weight excluding hydrogens is 64.0 g/mol. The number of rotatable bonds is 2. The first-order valence-electron chi connectivity index (χ1n) is 1.70. The predicted molar refractivity (Wildman–Crippen MR) is 19.5 cm³/mol. The first-order valence-corrected chi connectivity index (χ1v) is 1.70. The Morgan fingerprint density at radius 2 is 2.40 bits per heavy atom. The molecule has 0 spiro atoms. The van der Waals surface area contributed by atoms with Gasteiger partial charge in [-0.25, -0.2) is 0 Å². The van der Waals surface area contributed by atoms with Crippen molar-refractivity contribution in [3.05, 3.63) is 7.11 Å². The van der Waals surface area contributed by atoms with Gasteiger partial charge in [0.1, 0.15) is 0 Å². The van der Waals surface area contributed by atoms with Crippen molar-refractivity contribution in [3.63, 3.8) is 0 Å². The normalized spacial score (nSPS) is 8.40. The van der Waals surface area contributed by atoms with Gasteiger partial charge in [-0.15, -0.1) is 0 Å². The van der Waals surface area contributed by atoms with E-state index in [1.54, 1.807) is 0 Å². The van der Waals surface area contributed by atoms with E-state index in [2.05, 4.69) is 4.74 Å². The Kier molecular flexibility index (Phi) is 3.93. The third-order valence-corrected chi connectivity index (χ3v) is 0.306. The molecule has 0 aromatic rings. The van der Waals surface area contributed by atoms with Crippen molar-refractivity contribution in [1.29, 1.82) is 0 Å². The topological polar surface area (TPSA) is 9.23 Å². The third-order valence-electron chi connectivity index (χ3n) is 0.306. The van der Waals surface area contributed by atoms with Crippen molar-refractivity contribution < 1.29 is 4.74 Å². The molecule has 0 unspecified atom stereocenters. The van der Waals surface area contributed by atoms with Crippen LogP contribution in [0.4, 0.5) is 0 Å². The van der Waals surface area contributed by atoms with Gasteiger partial charge in [0, 0.05) is 6.61 Å². The van der Waals surface area contributed by atoms with Gasteiger partial charge in [0.25, 0.3) is 0 Å². The lowest BCUT2D eigenvalue weighted by molar-refractivity contribution is 0.242. The molecule has 0 aliphatic heterocycles. The van der Waals surface area contributed by atoms with E-state index in [9.17, 15) is 0 Å². The summed E-state index contributed by atoms with van der Waals surface area (Å²) < 4.78 is 3.94. The second kappa shape index (κ2) is 3.96. The van der Waals surface area contributed by atoms with Crippen LogP contribution >= 0.6 is 0 Å². The van der Waals surface area contributed by atoms with Crippen LogP contribution in [0.15, 0.2) is 0 Å². The second-order valence-corrected chi connectivity index (χ2v) is 0.848. The Morgan fingerprint density at radius 3 is 2.40 bits per heavy atom. The average Bonchev–Trinajstić information content (AvgIpc) is 1.41. The van der Waals surface area contributed by atoms with Gasteiger partial charge in [-0.1, -0.05) is 6.92 Å². The molecule has 0 fully saturated rings. The molecule has 1 heteroatoms. The highest BCUT2D eigenvalue weighted by Crippen LogP contribution is 1.72. The fraction of sp³-hybridized carbons (Fsp3) is 0.750. The minimum Gasteiger partial charge on any atom is -0.365 e. The molecule has 0 aliphatic rings.